The smallest absolute Gasteiger partial charge is 0.156 e. The molecule has 0 spiro atoms. The minimum Gasteiger partial charge on any atom is -0.342 e. The summed E-state index contributed by atoms with van der Waals surface area (Å²) in [6.07, 6.45) is 3.44. The zero-order chi connectivity index (χ0) is 10.1. The number of hydrogen-bond donors (Lipinski definition) is 1. The van der Waals surface area contributed by atoms with Gasteiger partial charge in [0.2, 0.25) is 0 Å². The number of H-pyrrole nitrogens is 1. The first-order valence-electron chi connectivity index (χ1n) is 4.61. The van der Waals surface area contributed by atoms with E-state index in [2.05, 4.69) is 40.9 Å². The lowest BCUT2D eigenvalue weighted by atomic mass is 10.2. The van der Waals surface area contributed by atoms with E-state index in [0.29, 0.717) is 0 Å². The Kier molecular flexibility index (Phi) is 2.21. The minimum absolute atomic E-state index is 0.877. The molecule has 0 radical (unpaired) electrons. The van der Waals surface area contributed by atoms with E-state index < -0.39 is 0 Å². The second-order valence-corrected chi connectivity index (χ2v) is 3.72. The lowest BCUT2D eigenvalue weighted by molar-refractivity contribution is 0.403. The fourth-order valence-corrected chi connectivity index (χ4v) is 1.59. The molecule has 0 unspecified atom stereocenters. The maximum atomic E-state index is 4.33. The highest BCUT2D eigenvalue weighted by Gasteiger charge is 2.10. The molecule has 2 heterocycles. The molecule has 0 atom stereocenters. The third kappa shape index (κ3) is 1.48. The number of aromatic nitrogens is 3. The Morgan fingerprint density at radius 2 is 2.00 bits per heavy atom. The number of nitrogens with zero attached hydrogens (tertiary/aromatic N) is 3. The van der Waals surface area contributed by atoms with Crippen LogP contribution < -0.4 is 0 Å². The zero-order valence-corrected chi connectivity index (χ0v) is 8.70. The van der Waals surface area contributed by atoms with Crippen LogP contribution in [0.25, 0.3) is 11.2 Å². The van der Waals surface area contributed by atoms with Crippen molar-refractivity contribution < 1.29 is 0 Å². The Hall–Kier alpha value is -1.42. The molecule has 2 aromatic rings. The van der Waals surface area contributed by atoms with Gasteiger partial charge in [-0.15, -0.1) is 0 Å². The molecule has 4 heteroatoms. The monoisotopic (exact) mass is 190 g/mol. The summed E-state index contributed by atoms with van der Waals surface area (Å²) in [6, 6.07) is 0. The van der Waals surface area contributed by atoms with Gasteiger partial charge >= 0.3 is 0 Å². The molecule has 0 bridgehead atoms. The number of fused-ring (bicyclic) bond motifs is 1. The summed E-state index contributed by atoms with van der Waals surface area (Å²) in [5.41, 5.74) is 4.25. The maximum Gasteiger partial charge on any atom is 0.156 e. The van der Waals surface area contributed by atoms with Crippen LogP contribution in [-0.4, -0.2) is 33.9 Å². The van der Waals surface area contributed by atoms with E-state index in [9.17, 15) is 0 Å². The van der Waals surface area contributed by atoms with E-state index in [-0.39, 0.29) is 0 Å². The van der Waals surface area contributed by atoms with Gasteiger partial charge in [-0.05, 0) is 21.0 Å². The van der Waals surface area contributed by atoms with Crippen molar-refractivity contribution in [1.29, 1.82) is 0 Å². The summed E-state index contributed by atoms with van der Waals surface area (Å²) in [5.74, 6) is 0. The zero-order valence-electron chi connectivity index (χ0n) is 8.70. The standard InChI is InChI=1S/C10H14N4/c1-7-8(6-14(2)3)9-10(13-7)12-5-4-11-9/h4-5H,6H2,1-3H3,(H,12,13). The van der Waals surface area contributed by atoms with Gasteiger partial charge in [-0.25, -0.2) is 4.98 Å². The van der Waals surface area contributed by atoms with Gasteiger partial charge in [0.05, 0.1) is 0 Å². The van der Waals surface area contributed by atoms with Crippen LogP contribution >= 0.6 is 0 Å². The number of nitrogens with one attached hydrogen (secondary N) is 1. The van der Waals surface area contributed by atoms with Gasteiger partial charge in [0.1, 0.15) is 5.52 Å². The van der Waals surface area contributed by atoms with Gasteiger partial charge in [-0.2, -0.15) is 0 Å². The molecule has 0 aliphatic heterocycles. The third-order valence-electron chi connectivity index (χ3n) is 2.22. The molecule has 1 N–H and O–H groups in total. The van der Waals surface area contributed by atoms with Crippen molar-refractivity contribution in [2.24, 2.45) is 0 Å². The van der Waals surface area contributed by atoms with E-state index in [0.717, 1.165) is 23.4 Å². The van der Waals surface area contributed by atoms with E-state index in [1.165, 1.54) is 5.56 Å². The lowest BCUT2D eigenvalue weighted by Crippen LogP contribution is -2.11. The Morgan fingerprint density at radius 3 is 2.71 bits per heavy atom. The van der Waals surface area contributed by atoms with Gasteiger partial charge < -0.3 is 9.88 Å². The predicted molar refractivity (Wildman–Crippen MR) is 56.0 cm³/mol. The van der Waals surface area contributed by atoms with Crippen LogP contribution in [0.15, 0.2) is 12.4 Å². The molecule has 0 aliphatic carbocycles. The van der Waals surface area contributed by atoms with Gasteiger partial charge in [-0.3, -0.25) is 4.98 Å². The Balaban J connectivity index is 2.56. The molecule has 0 fully saturated rings. The quantitative estimate of drug-likeness (QED) is 0.777. The molecule has 74 valence electrons. The van der Waals surface area contributed by atoms with Gasteiger partial charge in [0.15, 0.2) is 5.65 Å². The minimum atomic E-state index is 0.877. The Labute approximate surface area is 83.0 Å². The largest absolute Gasteiger partial charge is 0.342 e. The Bertz CT molecular complexity index is 444. The first-order chi connectivity index (χ1) is 6.68. The number of aromatic amines is 1. The van der Waals surface area contributed by atoms with Gasteiger partial charge in [0.25, 0.3) is 0 Å². The highest BCUT2D eigenvalue weighted by atomic mass is 15.1. The van der Waals surface area contributed by atoms with Crippen LogP contribution in [0.4, 0.5) is 0 Å². The van der Waals surface area contributed by atoms with E-state index in [4.69, 9.17) is 0 Å². The molecule has 4 nitrogen and oxygen atoms in total. The third-order valence-corrected chi connectivity index (χ3v) is 2.22. The summed E-state index contributed by atoms with van der Waals surface area (Å²) < 4.78 is 0. The number of rotatable bonds is 2. The van der Waals surface area contributed by atoms with Gasteiger partial charge in [0, 0.05) is 30.2 Å². The van der Waals surface area contributed by atoms with Crippen molar-refractivity contribution in [1.82, 2.24) is 19.9 Å². The van der Waals surface area contributed by atoms with Crippen molar-refractivity contribution in [3.63, 3.8) is 0 Å². The fraction of sp³-hybridized carbons (Fsp3) is 0.400. The first-order valence-corrected chi connectivity index (χ1v) is 4.61. The SMILES string of the molecule is Cc1[nH]c2nccnc2c1CN(C)C. The Morgan fingerprint density at radius 1 is 1.29 bits per heavy atom. The first kappa shape index (κ1) is 9.15. The summed E-state index contributed by atoms with van der Waals surface area (Å²) in [7, 11) is 4.10. The van der Waals surface area contributed by atoms with Crippen molar-refractivity contribution in [2.75, 3.05) is 14.1 Å². The molecule has 2 rings (SSSR count). The fourth-order valence-electron chi connectivity index (χ4n) is 1.59. The van der Waals surface area contributed by atoms with Crippen LogP contribution in [-0.2, 0) is 6.54 Å². The van der Waals surface area contributed by atoms with Crippen molar-refractivity contribution in [2.45, 2.75) is 13.5 Å². The summed E-state index contributed by atoms with van der Waals surface area (Å²) in [5, 5.41) is 0. The highest BCUT2D eigenvalue weighted by Crippen LogP contribution is 2.18. The summed E-state index contributed by atoms with van der Waals surface area (Å²) >= 11 is 0. The number of hydrogen-bond acceptors (Lipinski definition) is 3. The lowest BCUT2D eigenvalue weighted by Gasteiger charge is -2.08. The van der Waals surface area contributed by atoms with Crippen LogP contribution in [0.3, 0.4) is 0 Å². The molecular weight excluding hydrogens is 176 g/mol. The van der Waals surface area contributed by atoms with Gasteiger partial charge in [-0.1, -0.05) is 0 Å². The topological polar surface area (TPSA) is 44.8 Å². The average Bonchev–Trinajstić information content (AvgIpc) is 2.43. The van der Waals surface area contributed by atoms with Crippen molar-refractivity contribution in [3.8, 4) is 0 Å². The second-order valence-electron chi connectivity index (χ2n) is 3.72. The molecule has 0 saturated carbocycles. The molecule has 0 aliphatic rings. The molecular formula is C10H14N4. The maximum absolute atomic E-state index is 4.33. The van der Waals surface area contributed by atoms with Crippen LogP contribution in [0.1, 0.15) is 11.3 Å². The van der Waals surface area contributed by atoms with E-state index in [1.54, 1.807) is 12.4 Å². The second kappa shape index (κ2) is 3.38. The molecule has 0 aromatic carbocycles. The summed E-state index contributed by atoms with van der Waals surface area (Å²) in [4.78, 5) is 13.9. The van der Waals surface area contributed by atoms with Crippen molar-refractivity contribution in [3.05, 3.63) is 23.7 Å². The van der Waals surface area contributed by atoms with Crippen LogP contribution in [0.5, 0.6) is 0 Å². The highest BCUT2D eigenvalue weighted by molar-refractivity contribution is 5.76. The van der Waals surface area contributed by atoms with Crippen molar-refractivity contribution >= 4 is 11.2 Å². The molecule has 2 aromatic heterocycles. The molecule has 14 heavy (non-hydrogen) atoms. The predicted octanol–water partition coefficient (Wildman–Crippen LogP) is 1.33. The summed E-state index contributed by atoms with van der Waals surface area (Å²) in [6.45, 7) is 2.95. The number of aryl methyl sites for hydroxylation is 1. The molecule has 0 saturated heterocycles. The van der Waals surface area contributed by atoms with Crippen LogP contribution in [0.2, 0.25) is 0 Å². The average molecular weight is 190 g/mol. The van der Waals surface area contributed by atoms with E-state index in [1.807, 2.05) is 0 Å². The normalized spacial score (nSPS) is 11.4. The van der Waals surface area contributed by atoms with E-state index >= 15 is 0 Å². The molecule has 0 amide bonds. The van der Waals surface area contributed by atoms with Crippen LogP contribution in [0, 0.1) is 6.92 Å².